The van der Waals surface area contributed by atoms with E-state index >= 15 is 0 Å². The first-order valence-corrected chi connectivity index (χ1v) is 7.31. The van der Waals surface area contributed by atoms with E-state index in [9.17, 15) is 5.11 Å². The van der Waals surface area contributed by atoms with Crippen molar-refractivity contribution in [3.63, 3.8) is 0 Å². The van der Waals surface area contributed by atoms with Crippen LogP contribution < -0.4 is 0 Å². The van der Waals surface area contributed by atoms with E-state index in [4.69, 9.17) is 12.2 Å². The smallest absolute Gasteiger partial charge is 0.116 e. The van der Waals surface area contributed by atoms with E-state index in [0.717, 1.165) is 32.3 Å². The zero-order valence-electron chi connectivity index (χ0n) is 12.1. The lowest BCUT2D eigenvalue weighted by Crippen LogP contribution is -1.96. The van der Waals surface area contributed by atoms with Crippen molar-refractivity contribution < 1.29 is 5.11 Å². The second-order valence-electron chi connectivity index (χ2n) is 5.32. The van der Waals surface area contributed by atoms with E-state index in [1.807, 2.05) is 25.1 Å². The Labute approximate surface area is 129 Å². The van der Waals surface area contributed by atoms with Gasteiger partial charge in [-0.1, -0.05) is 60.2 Å². The highest BCUT2D eigenvalue weighted by Gasteiger charge is 2.12. The largest absolute Gasteiger partial charge is 0.508 e. The molecule has 2 heteroatoms. The molecule has 1 N–H and O–H groups in total. The lowest BCUT2D eigenvalue weighted by molar-refractivity contribution is 0.476. The molecule has 3 aromatic carbocycles. The van der Waals surface area contributed by atoms with Crippen molar-refractivity contribution in [3.8, 4) is 16.9 Å². The van der Waals surface area contributed by atoms with Gasteiger partial charge in [-0.15, -0.1) is 0 Å². The molecule has 3 rings (SSSR count). The average Bonchev–Trinajstić information content (AvgIpc) is 2.45. The molecule has 1 nitrogen and oxygen atoms in total. The molecule has 104 valence electrons. The second-order valence-corrected chi connectivity index (χ2v) is 5.93. The molecule has 0 spiro atoms. The maximum absolute atomic E-state index is 9.69. The minimum absolute atomic E-state index is 0.282. The lowest BCUT2D eigenvalue weighted by atomic mass is 9.91. The molecule has 0 bridgehead atoms. The molecule has 3 aromatic rings. The molecule has 0 amide bonds. The first kappa shape index (κ1) is 13.8. The van der Waals surface area contributed by atoms with Gasteiger partial charge < -0.3 is 5.11 Å². The quantitative estimate of drug-likeness (QED) is 0.513. The predicted octanol–water partition coefficient (Wildman–Crippen LogP) is 5.26. The van der Waals surface area contributed by atoms with Crippen molar-refractivity contribution in [2.24, 2.45) is 0 Å². The molecular formula is C19H16OS. The van der Waals surface area contributed by atoms with Gasteiger partial charge in [0.05, 0.1) is 0 Å². The molecule has 0 unspecified atom stereocenters. The number of benzene rings is 3. The van der Waals surface area contributed by atoms with Crippen LogP contribution >= 0.6 is 12.2 Å². The fourth-order valence-corrected chi connectivity index (χ4v) is 2.89. The van der Waals surface area contributed by atoms with Gasteiger partial charge in [0.25, 0.3) is 0 Å². The zero-order valence-corrected chi connectivity index (χ0v) is 12.9. The summed E-state index contributed by atoms with van der Waals surface area (Å²) >= 11 is 5.42. The molecule has 0 saturated carbocycles. The van der Waals surface area contributed by atoms with E-state index in [-0.39, 0.29) is 5.75 Å². The highest BCUT2D eigenvalue weighted by Crippen LogP contribution is 2.34. The summed E-state index contributed by atoms with van der Waals surface area (Å²) in [5.74, 6) is 0.282. The van der Waals surface area contributed by atoms with Crippen molar-refractivity contribution in [1.82, 2.24) is 0 Å². The summed E-state index contributed by atoms with van der Waals surface area (Å²) in [4.78, 5) is 0.876. The lowest BCUT2D eigenvalue weighted by Gasteiger charge is -2.14. The SMILES string of the molecule is CC(=S)c1ccc2cc(O)ccc2c1-c1cccc(C)c1. The van der Waals surface area contributed by atoms with Crippen LogP contribution in [-0.2, 0) is 0 Å². The molecule has 0 atom stereocenters. The Bertz CT molecular complexity index is 849. The number of hydrogen-bond donors (Lipinski definition) is 1. The van der Waals surface area contributed by atoms with E-state index in [2.05, 4.69) is 31.2 Å². The van der Waals surface area contributed by atoms with Crippen molar-refractivity contribution >= 4 is 27.9 Å². The molecule has 0 saturated heterocycles. The van der Waals surface area contributed by atoms with Crippen LogP contribution in [0.5, 0.6) is 5.75 Å². The van der Waals surface area contributed by atoms with E-state index in [1.54, 1.807) is 12.1 Å². The third-order valence-electron chi connectivity index (χ3n) is 3.69. The van der Waals surface area contributed by atoms with Gasteiger partial charge in [-0.05, 0) is 53.4 Å². The summed E-state index contributed by atoms with van der Waals surface area (Å²) in [6, 6.07) is 18.0. The third kappa shape index (κ3) is 2.55. The normalized spacial score (nSPS) is 10.8. The molecule has 0 aliphatic carbocycles. The first-order valence-electron chi connectivity index (χ1n) is 6.90. The topological polar surface area (TPSA) is 20.2 Å². The molecule has 0 fully saturated rings. The number of phenols is 1. The Hall–Kier alpha value is -2.19. The van der Waals surface area contributed by atoms with Gasteiger partial charge in [0.2, 0.25) is 0 Å². The Kier molecular flexibility index (Phi) is 3.48. The summed E-state index contributed by atoms with van der Waals surface area (Å²) < 4.78 is 0. The monoisotopic (exact) mass is 292 g/mol. The van der Waals surface area contributed by atoms with Crippen LogP contribution in [0, 0.1) is 6.92 Å². The average molecular weight is 292 g/mol. The summed E-state index contributed by atoms with van der Waals surface area (Å²) in [7, 11) is 0. The Balaban J connectivity index is 2.41. The molecule has 0 heterocycles. The van der Waals surface area contributed by atoms with Crippen LogP contribution in [-0.4, -0.2) is 9.97 Å². The Morgan fingerprint density at radius 1 is 1.00 bits per heavy atom. The molecule has 0 aliphatic rings. The van der Waals surface area contributed by atoms with Gasteiger partial charge >= 0.3 is 0 Å². The number of hydrogen-bond acceptors (Lipinski definition) is 2. The zero-order chi connectivity index (χ0) is 15.0. The van der Waals surface area contributed by atoms with Gasteiger partial charge in [-0.3, -0.25) is 0 Å². The highest BCUT2D eigenvalue weighted by atomic mass is 32.1. The fourth-order valence-electron chi connectivity index (χ4n) is 2.72. The minimum atomic E-state index is 0.282. The summed E-state index contributed by atoms with van der Waals surface area (Å²) in [5, 5.41) is 11.8. The Morgan fingerprint density at radius 2 is 1.81 bits per heavy atom. The highest BCUT2D eigenvalue weighted by molar-refractivity contribution is 7.80. The number of rotatable bonds is 2. The number of phenolic OH excluding ortho intramolecular Hbond substituents is 1. The van der Waals surface area contributed by atoms with Crippen LogP contribution in [0.15, 0.2) is 54.6 Å². The van der Waals surface area contributed by atoms with Crippen molar-refractivity contribution in [2.45, 2.75) is 13.8 Å². The number of thiocarbonyl (C=S) groups is 1. The standard InChI is InChI=1S/C19H16OS/c1-12-4-3-5-15(10-12)19-17(13(2)21)8-6-14-11-16(20)7-9-18(14)19/h3-11,20H,1-2H3. The van der Waals surface area contributed by atoms with Crippen LogP contribution in [0.25, 0.3) is 21.9 Å². The van der Waals surface area contributed by atoms with Gasteiger partial charge in [0, 0.05) is 4.86 Å². The summed E-state index contributed by atoms with van der Waals surface area (Å²) in [5.41, 5.74) is 4.60. The first-order chi connectivity index (χ1) is 10.1. The van der Waals surface area contributed by atoms with Crippen LogP contribution in [0.4, 0.5) is 0 Å². The second kappa shape index (κ2) is 5.30. The van der Waals surface area contributed by atoms with Crippen LogP contribution in [0.3, 0.4) is 0 Å². The van der Waals surface area contributed by atoms with E-state index in [1.165, 1.54) is 5.56 Å². The van der Waals surface area contributed by atoms with Crippen molar-refractivity contribution in [3.05, 3.63) is 65.7 Å². The van der Waals surface area contributed by atoms with Crippen LogP contribution in [0.1, 0.15) is 18.1 Å². The Morgan fingerprint density at radius 3 is 2.52 bits per heavy atom. The number of aromatic hydroxyl groups is 1. The molecular weight excluding hydrogens is 276 g/mol. The molecule has 0 radical (unpaired) electrons. The van der Waals surface area contributed by atoms with Gasteiger partial charge in [0.15, 0.2) is 0 Å². The fraction of sp³-hybridized carbons (Fsp3) is 0.105. The third-order valence-corrected chi connectivity index (χ3v) is 3.91. The molecule has 0 aromatic heterocycles. The molecule has 21 heavy (non-hydrogen) atoms. The van der Waals surface area contributed by atoms with Crippen molar-refractivity contribution in [2.75, 3.05) is 0 Å². The maximum Gasteiger partial charge on any atom is 0.116 e. The summed E-state index contributed by atoms with van der Waals surface area (Å²) in [6.07, 6.45) is 0. The van der Waals surface area contributed by atoms with Crippen molar-refractivity contribution in [1.29, 1.82) is 0 Å². The predicted molar refractivity (Wildman–Crippen MR) is 93.2 cm³/mol. The van der Waals surface area contributed by atoms with Gasteiger partial charge in [-0.2, -0.15) is 0 Å². The number of aryl methyl sites for hydroxylation is 1. The van der Waals surface area contributed by atoms with Crippen LogP contribution in [0.2, 0.25) is 0 Å². The van der Waals surface area contributed by atoms with Gasteiger partial charge in [-0.25, -0.2) is 0 Å². The van der Waals surface area contributed by atoms with Gasteiger partial charge in [0.1, 0.15) is 5.75 Å². The van der Waals surface area contributed by atoms with E-state index < -0.39 is 0 Å². The van der Waals surface area contributed by atoms with E-state index in [0.29, 0.717) is 0 Å². The maximum atomic E-state index is 9.69. The minimum Gasteiger partial charge on any atom is -0.508 e. The summed E-state index contributed by atoms with van der Waals surface area (Å²) in [6.45, 7) is 4.04. The molecule has 0 aliphatic heterocycles. The number of fused-ring (bicyclic) bond motifs is 1.